The molecule has 3 fully saturated rings. The molecule has 0 aliphatic carbocycles. The molecule has 3 saturated heterocycles. The molecule has 0 unspecified atom stereocenters. The standard InChI is InChI=1S/C66H97N13O19S3/c1-3-98-27-15-54(82)69-49-40-100-38-45-29-44(37-99-28-16-68-55(83)33-74-19-21-75(34-56(84)85)23-25-77(36-58(88)89)26-24-76(22-20-74)35-57(86)87)30-46(31-45)39-101-41-50(66(96)97)72-61(91)48(32-43-9-5-4-6-10-43)71-60(90)47(13-14-53(67)81)70-63(93)59(42(2)80)73-62(92)51-11-7-17-78(51)65(95)52-12-8-18-79(52)64(49)94/h4-6,9-10,29-31,42,47-52,59,80H,3,7-8,11-28,32-41H2,1-2H3,(H2,67,81)(H,68,83)(H,69,82)(H,70,93)(H,71,90)(H,72,91)(H,73,92)(H,84,85)(H,86,87)(H,88,89)(H,96,97)/t42-,47+,48+,49+,50+,51+,52+,59+/m1/s1. The molecule has 0 saturated carbocycles. The van der Waals surface area contributed by atoms with Crippen molar-refractivity contribution in [1.29, 1.82) is 0 Å². The number of hydrogen-bond acceptors (Lipinski definition) is 22. The molecule has 2 bridgehead atoms. The first-order valence-corrected chi connectivity index (χ1v) is 37.3. The van der Waals surface area contributed by atoms with Gasteiger partial charge in [-0.25, -0.2) is 4.79 Å². The number of carbonyl (C=O) groups is 13. The van der Waals surface area contributed by atoms with Crippen LogP contribution in [0.1, 0.15) is 81.0 Å². The third-order valence-corrected chi connectivity index (χ3v) is 20.5. The van der Waals surface area contributed by atoms with Crippen molar-refractivity contribution in [1.82, 2.24) is 61.3 Å². The van der Waals surface area contributed by atoms with Crippen LogP contribution < -0.4 is 37.6 Å². The zero-order valence-corrected chi connectivity index (χ0v) is 59.5. The minimum Gasteiger partial charge on any atom is -0.480 e. The predicted octanol–water partition coefficient (Wildman–Crippen LogP) is -2.20. The smallest absolute Gasteiger partial charge is 0.327 e. The van der Waals surface area contributed by atoms with E-state index >= 15 is 0 Å². The number of nitrogens with two attached hydrogens (primary N) is 1. The number of carbonyl (C=O) groups excluding carboxylic acids is 9. The van der Waals surface area contributed by atoms with Crippen LogP contribution in [0.25, 0.3) is 0 Å². The Morgan fingerprint density at radius 2 is 1.16 bits per heavy atom. The van der Waals surface area contributed by atoms with Gasteiger partial charge < -0.3 is 77.7 Å². The van der Waals surface area contributed by atoms with E-state index in [-0.39, 0.29) is 154 Å². The molecule has 0 radical (unpaired) electrons. The maximum absolute atomic E-state index is 14.9. The number of carboxylic acids is 4. The van der Waals surface area contributed by atoms with Gasteiger partial charge in [-0.3, -0.25) is 77.1 Å². The van der Waals surface area contributed by atoms with Crippen LogP contribution in [0.15, 0.2) is 48.5 Å². The number of rotatable bonds is 25. The number of carboxylic acid groups (broad SMARTS) is 4. The average molecular weight is 1470 g/mol. The molecule has 8 atom stereocenters. The van der Waals surface area contributed by atoms with E-state index in [0.29, 0.717) is 42.3 Å². The number of benzene rings is 2. The van der Waals surface area contributed by atoms with Crippen molar-refractivity contribution in [3.8, 4) is 0 Å². The second-order valence-electron chi connectivity index (χ2n) is 25.3. The Labute approximate surface area is 599 Å². The number of ether oxygens (including phenoxy) is 1. The van der Waals surface area contributed by atoms with Gasteiger partial charge in [0, 0.05) is 132 Å². The lowest BCUT2D eigenvalue weighted by molar-refractivity contribution is -0.148. The van der Waals surface area contributed by atoms with Gasteiger partial charge in [0.15, 0.2) is 0 Å². The van der Waals surface area contributed by atoms with Gasteiger partial charge in [-0.1, -0.05) is 48.5 Å². The SMILES string of the molecule is CCOCCC(=O)N[C@H]1CSCc2cc(CSCCNC(=O)CN3CCN(CC(=O)O)CCN(CC(=O)O)CCN(CC(=O)O)CC3)cc(c2)CSC[C@@H](C(=O)O)NC(=O)[C@H](Cc2ccccc2)NC(=O)[C@H](CCC(N)=O)NC(=O)[C@H]([C@@H](C)O)NC(=O)[C@@H]2CCCN2C(=O)[C@@H]2CCCN2C1=O. The molecule has 4 heterocycles. The van der Waals surface area contributed by atoms with Gasteiger partial charge in [0.05, 0.1) is 38.9 Å². The van der Waals surface area contributed by atoms with Crippen LogP contribution >= 0.6 is 35.3 Å². The van der Waals surface area contributed by atoms with Crippen molar-refractivity contribution >= 4 is 112 Å². The van der Waals surface area contributed by atoms with Crippen molar-refractivity contribution in [3.63, 3.8) is 0 Å². The summed E-state index contributed by atoms with van der Waals surface area (Å²) in [4.78, 5) is 184. The highest BCUT2D eigenvalue weighted by Gasteiger charge is 2.45. The summed E-state index contributed by atoms with van der Waals surface area (Å²) in [5.74, 6) is -9.79. The molecule has 32 nitrogen and oxygen atoms in total. The van der Waals surface area contributed by atoms with Crippen molar-refractivity contribution in [3.05, 3.63) is 70.8 Å². The number of aliphatic hydroxyl groups is 1. The summed E-state index contributed by atoms with van der Waals surface area (Å²) < 4.78 is 5.44. The number of amides is 9. The van der Waals surface area contributed by atoms with Crippen LogP contribution in [0.5, 0.6) is 0 Å². The van der Waals surface area contributed by atoms with E-state index in [9.17, 15) is 87.9 Å². The highest BCUT2D eigenvalue weighted by molar-refractivity contribution is 7.99. The Bertz CT molecular complexity index is 3150. The van der Waals surface area contributed by atoms with Crippen LogP contribution in [0, 0.1) is 0 Å². The summed E-state index contributed by atoms with van der Waals surface area (Å²) in [5, 5.41) is 66.5. The highest BCUT2D eigenvalue weighted by Crippen LogP contribution is 2.28. The van der Waals surface area contributed by atoms with E-state index in [2.05, 4.69) is 31.9 Å². The van der Waals surface area contributed by atoms with Crippen molar-refractivity contribution in [2.45, 2.75) is 131 Å². The Morgan fingerprint density at radius 3 is 1.70 bits per heavy atom. The van der Waals surface area contributed by atoms with Gasteiger partial charge in [0.1, 0.15) is 42.3 Å². The molecular formula is C66H97N13O19S3. The zero-order valence-electron chi connectivity index (χ0n) is 57.1. The molecule has 13 N–H and O–H groups in total. The van der Waals surface area contributed by atoms with E-state index in [0.717, 1.165) is 16.7 Å². The van der Waals surface area contributed by atoms with Crippen LogP contribution in [0.3, 0.4) is 0 Å². The monoisotopic (exact) mass is 1470 g/mol. The fraction of sp³-hybridized carbons (Fsp3) is 0.621. The molecular weight excluding hydrogens is 1370 g/mol. The fourth-order valence-corrected chi connectivity index (χ4v) is 14.9. The lowest BCUT2D eigenvalue weighted by Gasteiger charge is -2.33. The summed E-state index contributed by atoms with van der Waals surface area (Å²) in [5.41, 5.74) is 8.46. The molecule has 2 aromatic rings. The van der Waals surface area contributed by atoms with Gasteiger partial charge in [-0.05, 0) is 68.2 Å². The maximum atomic E-state index is 14.9. The highest BCUT2D eigenvalue weighted by atomic mass is 32.2. The third kappa shape index (κ3) is 28.6. The van der Waals surface area contributed by atoms with Gasteiger partial charge in [0.2, 0.25) is 53.2 Å². The van der Waals surface area contributed by atoms with E-state index in [1.165, 1.54) is 52.0 Å². The molecule has 0 aromatic heterocycles. The largest absolute Gasteiger partial charge is 0.480 e. The Balaban J connectivity index is 1.26. The molecule has 6 rings (SSSR count). The number of hydrogen-bond donors (Lipinski definition) is 12. The second-order valence-corrected chi connectivity index (χ2v) is 28.4. The van der Waals surface area contributed by atoms with Crippen LogP contribution in [0.4, 0.5) is 0 Å². The normalized spacial score (nSPS) is 23.4. The fourth-order valence-electron chi connectivity index (χ4n) is 12.2. The zero-order chi connectivity index (χ0) is 73.5. The van der Waals surface area contributed by atoms with Crippen LogP contribution in [-0.4, -0.2) is 309 Å². The van der Waals surface area contributed by atoms with E-state index in [4.69, 9.17) is 10.5 Å². The molecule has 101 heavy (non-hydrogen) atoms. The lowest BCUT2D eigenvalue weighted by atomic mass is 10.0. The van der Waals surface area contributed by atoms with Crippen LogP contribution in [0.2, 0.25) is 0 Å². The summed E-state index contributed by atoms with van der Waals surface area (Å²) in [6, 6.07) is 4.70. The Hall–Kier alpha value is -7.64. The van der Waals surface area contributed by atoms with Crippen molar-refractivity contribution in [2.75, 3.05) is 129 Å². The first-order chi connectivity index (χ1) is 48.3. The predicted molar refractivity (Wildman–Crippen MR) is 375 cm³/mol. The van der Waals surface area contributed by atoms with Gasteiger partial charge in [-0.15, -0.1) is 0 Å². The third-order valence-electron chi connectivity index (χ3n) is 17.3. The minimum absolute atomic E-state index is 0.0535. The average Bonchev–Trinajstić information content (AvgIpc) is 1.72. The first-order valence-electron chi connectivity index (χ1n) is 33.9. The number of aliphatic carboxylic acids is 4. The van der Waals surface area contributed by atoms with Crippen molar-refractivity contribution in [2.24, 2.45) is 5.73 Å². The maximum Gasteiger partial charge on any atom is 0.327 e. The topological polar surface area (TPSA) is 450 Å². The number of fused-ring (bicyclic) bond motifs is 4. The van der Waals surface area contributed by atoms with E-state index < -0.39 is 132 Å². The molecule has 4 aliphatic rings. The summed E-state index contributed by atoms with van der Waals surface area (Å²) in [6.07, 6.45) is -1.46. The molecule has 35 heteroatoms. The summed E-state index contributed by atoms with van der Waals surface area (Å²) in [6.45, 7) is 4.78. The molecule has 0 spiro atoms. The molecule has 558 valence electrons. The molecule has 9 amide bonds. The minimum atomic E-state index is -1.72. The summed E-state index contributed by atoms with van der Waals surface area (Å²) in [7, 11) is 0. The number of primary amides is 1. The second kappa shape index (κ2) is 42.7. The molecule has 4 aliphatic heterocycles. The van der Waals surface area contributed by atoms with E-state index in [1.807, 2.05) is 23.1 Å². The number of thioether (sulfide) groups is 3. The number of nitrogens with one attached hydrogen (secondary N) is 6. The Morgan fingerprint density at radius 1 is 0.624 bits per heavy atom. The van der Waals surface area contributed by atoms with Gasteiger partial charge in [0.25, 0.3) is 0 Å². The molecule has 2 aromatic carbocycles. The van der Waals surface area contributed by atoms with Crippen molar-refractivity contribution < 1.29 is 92.6 Å². The summed E-state index contributed by atoms with van der Waals surface area (Å²) >= 11 is 4.04. The van der Waals surface area contributed by atoms with Gasteiger partial charge >= 0.3 is 23.9 Å². The van der Waals surface area contributed by atoms with Crippen LogP contribution in [-0.2, 0) is 90.7 Å². The number of aliphatic hydroxyl groups excluding tert-OH is 1. The van der Waals surface area contributed by atoms with Gasteiger partial charge in [-0.2, -0.15) is 35.3 Å². The Kier molecular flexibility index (Phi) is 34.8. The lowest BCUT2D eigenvalue weighted by Crippen LogP contribution is -2.61. The first kappa shape index (κ1) is 82.3. The quantitative estimate of drug-likeness (QED) is 0.0469. The van der Waals surface area contributed by atoms with E-state index in [1.54, 1.807) is 52.0 Å². The number of nitrogens with zero attached hydrogens (tertiary/aromatic N) is 6.